The molecule has 0 spiro atoms. The molecule has 0 aromatic heterocycles. The quantitative estimate of drug-likeness (QED) is 0.373. The monoisotopic (exact) mass is 479 g/mol. The van der Waals surface area contributed by atoms with Crippen molar-refractivity contribution in [3.05, 3.63) is 89.0 Å². The number of aryl methyl sites for hydroxylation is 1. The molecule has 1 heterocycles. The molecule has 7 nitrogen and oxygen atoms in total. The standard InChI is InChI=1S/C26H25NO6S/c1-3-32-14-15-33-26(29)20-12-13-24-22(16-20)27(17-19-10-8-18(2)9-11-19)25(28)21-6-4-5-7-23(21)34(24,30)31/h4-13,16H,3,14-15,17H2,1-2H3. The van der Waals surface area contributed by atoms with Crippen molar-refractivity contribution in [2.75, 3.05) is 24.7 Å². The molecular formula is C26H25NO6S. The zero-order valence-electron chi connectivity index (χ0n) is 19.0. The average Bonchev–Trinajstić information content (AvgIpc) is 2.91. The molecule has 1 amide bonds. The number of sulfone groups is 1. The zero-order valence-corrected chi connectivity index (χ0v) is 19.8. The van der Waals surface area contributed by atoms with Crippen molar-refractivity contribution in [1.82, 2.24) is 0 Å². The molecule has 0 fully saturated rings. The first-order valence-electron chi connectivity index (χ1n) is 10.9. The smallest absolute Gasteiger partial charge is 0.338 e. The van der Waals surface area contributed by atoms with Crippen LogP contribution in [0, 0.1) is 6.92 Å². The Hall–Kier alpha value is -3.49. The van der Waals surface area contributed by atoms with Gasteiger partial charge in [0.1, 0.15) is 6.61 Å². The number of anilines is 1. The third-order valence-corrected chi connectivity index (χ3v) is 7.41. The lowest BCUT2D eigenvalue weighted by Crippen LogP contribution is -2.30. The maximum Gasteiger partial charge on any atom is 0.338 e. The molecule has 34 heavy (non-hydrogen) atoms. The van der Waals surface area contributed by atoms with Crippen LogP contribution in [0.4, 0.5) is 5.69 Å². The van der Waals surface area contributed by atoms with Gasteiger partial charge in [0.2, 0.25) is 9.84 Å². The highest BCUT2D eigenvalue weighted by Gasteiger charge is 2.36. The molecule has 3 aromatic rings. The summed E-state index contributed by atoms with van der Waals surface area (Å²) in [5, 5.41) is 0. The maximum absolute atomic E-state index is 13.6. The third-order valence-electron chi connectivity index (χ3n) is 5.55. The third kappa shape index (κ3) is 4.60. The summed E-state index contributed by atoms with van der Waals surface area (Å²) in [6.45, 7) is 4.77. The topological polar surface area (TPSA) is 90.0 Å². The Bertz CT molecular complexity index is 1330. The number of hydrogen-bond donors (Lipinski definition) is 0. The summed E-state index contributed by atoms with van der Waals surface area (Å²) in [5.41, 5.74) is 2.27. The number of hydrogen-bond acceptors (Lipinski definition) is 6. The van der Waals surface area contributed by atoms with Crippen molar-refractivity contribution >= 4 is 27.4 Å². The zero-order chi connectivity index (χ0) is 24.3. The molecule has 0 radical (unpaired) electrons. The number of nitrogens with zero attached hydrogens (tertiary/aromatic N) is 1. The van der Waals surface area contributed by atoms with Crippen molar-refractivity contribution in [3.63, 3.8) is 0 Å². The normalized spacial score (nSPS) is 14.2. The molecular weight excluding hydrogens is 454 g/mol. The van der Waals surface area contributed by atoms with E-state index in [0.29, 0.717) is 6.61 Å². The van der Waals surface area contributed by atoms with Gasteiger partial charge >= 0.3 is 5.97 Å². The van der Waals surface area contributed by atoms with E-state index in [2.05, 4.69) is 0 Å². The molecule has 0 bridgehead atoms. The van der Waals surface area contributed by atoms with Crippen LogP contribution in [0.15, 0.2) is 76.5 Å². The van der Waals surface area contributed by atoms with E-state index < -0.39 is 21.7 Å². The molecule has 0 saturated carbocycles. The van der Waals surface area contributed by atoms with Crippen LogP contribution in [0.2, 0.25) is 0 Å². The first-order chi connectivity index (χ1) is 16.3. The lowest BCUT2D eigenvalue weighted by molar-refractivity contribution is 0.0335. The van der Waals surface area contributed by atoms with Crippen LogP contribution in [-0.2, 0) is 25.9 Å². The van der Waals surface area contributed by atoms with Crippen molar-refractivity contribution in [1.29, 1.82) is 0 Å². The number of esters is 1. The van der Waals surface area contributed by atoms with Gasteiger partial charge in [0.15, 0.2) is 0 Å². The Labute approximate surface area is 198 Å². The van der Waals surface area contributed by atoms with Gasteiger partial charge in [-0.3, -0.25) is 4.79 Å². The van der Waals surface area contributed by atoms with Gasteiger partial charge in [-0.05, 0) is 49.7 Å². The number of carbonyl (C=O) groups excluding carboxylic acids is 2. The van der Waals surface area contributed by atoms with E-state index in [1.165, 1.54) is 35.2 Å². The van der Waals surface area contributed by atoms with E-state index in [9.17, 15) is 18.0 Å². The maximum atomic E-state index is 13.6. The Kier molecular flexibility index (Phi) is 6.81. The Balaban J connectivity index is 1.81. The summed E-state index contributed by atoms with van der Waals surface area (Å²) in [5.74, 6) is -1.08. The second kappa shape index (κ2) is 9.79. The minimum Gasteiger partial charge on any atom is -0.460 e. The van der Waals surface area contributed by atoms with Crippen LogP contribution in [-0.4, -0.2) is 40.1 Å². The van der Waals surface area contributed by atoms with E-state index >= 15 is 0 Å². The van der Waals surface area contributed by atoms with E-state index in [-0.39, 0.29) is 46.4 Å². The Morgan fingerprint density at radius 2 is 1.68 bits per heavy atom. The largest absolute Gasteiger partial charge is 0.460 e. The summed E-state index contributed by atoms with van der Waals surface area (Å²) in [7, 11) is -4.00. The predicted molar refractivity (Wildman–Crippen MR) is 127 cm³/mol. The van der Waals surface area contributed by atoms with Gasteiger partial charge in [0.25, 0.3) is 5.91 Å². The Morgan fingerprint density at radius 3 is 2.41 bits per heavy atom. The van der Waals surface area contributed by atoms with Gasteiger partial charge in [0.05, 0.1) is 39.8 Å². The van der Waals surface area contributed by atoms with Gasteiger partial charge in [-0.25, -0.2) is 13.2 Å². The van der Waals surface area contributed by atoms with E-state index in [4.69, 9.17) is 9.47 Å². The van der Waals surface area contributed by atoms with Crippen LogP contribution in [0.1, 0.15) is 38.8 Å². The van der Waals surface area contributed by atoms with Crippen LogP contribution < -0.4 is 4.90 Å². The van der Waals surface area contributed by atoms with Gasteiger partial charge in [0, 0.05) is 6.61 Å². The van der Waals surface area contributed by atoms with E-state index in [0.717, 1.165) is 11.1 Å². The summed E-state index contributed by atoms with van der Waals surface area (Å²) in [6.07, 6.45) is 0. The molecule has 0 atom stereocenters. The lowest BCUT2D eigenvalue weighted by Gasteiger charge is -2.23. The molecule has 0 N–H and O–H groups in total. The molecule has 3 aromatic carbocycles. The van der Waals surface area contributed by atoms with Crippen LogP contribution >= 0.6 is 0 Å². The minimum atomic E-state index is -4.00. The molecule has 0 saturated heterocycles. The van der Waals surface area contributed by atoms with Gasteiger partial charge in [-0.2, -0.15) is 0 Å². The minimum absolute atomic E-state index is 0.0382. The SMILES string of the molecule is CCOCCOC(=O)c1ccc2c(c1)N(Cc1ccc(C)cc1)C(=O)c1ccccc1S2(=O)=O. The highest BCUT2D eigenvalue weighted by atomic mass is 32.2. The molecule has 4 rings (SSSR count). The molecule has 1 aliphatic rings. The van der Waals surface area contributed by atoms with Crippen molar-refractivity contribution in [3.8, 4) is 0 Å². The van der Waals surface area contributed by atoms with Crippen LogP contribution in [0.5, 0.6) is 0 Å². The summed E-state index contributed by atoms with van der Waals surface area (Å²) < 4.78 is 37.5. The number of fused-ring (bicyclic) bond motifs is 2. The first kappa shape index (κ1) is 23.7. The average molecular weight is 480 g/mol. The summed E-state index contributed by atoms with van der Waals surface area (Å²) in [4.78, 5) is 27.5. The lowest BCUT2D eigenvalue weighted by atomic mass is 10.1. The number of rotatable bonds is 7. The first-order valence-corrected chi connectivity index (χ1v) is 12.4. The van der Waals surface area contributed by atoms with Gasteiger partial charge in [-0.15, -0.1) is 0 Å². The number of benzene rings is 3. The molecule has 0 unspecified atom stereocenters. The predicted octanol–water partition coefficient (Wildman–Crippen LogP) is 4.18. The fourth-order valence-corrected chi connectivity index (χ4v) is 5.42. The van der Waals surface area contributed by atoms with E-state index in [1.807, 2.05) is 38.1 Å². The van der Waals surface area contributed by atoms with Crippen LogP contribution in [0.3, 0.4) is 0 Å². The number of amides is 1. The molecule has 0 aliphatic carbocycles. The molecule has 8 heteroatoms. The van der Waals surface area contributed by atoms with E-state index in [1.54, 1.807) is 12.1 Å². The van der Waals surface area contributed by atoms with Gasteiger partial charge in [-0.1, -0.05) is 42.0 Å². The van der Waals surface area contributed by atoms with Gasteiger partial charge < -0.3 is 14.4 Å². The van der Waals surface area contributed by atoms with Crippen molar-refractivity contribution < 1.29 is 27.5 Å². The van der Waals surface area contributed by atoms with Crippen molar-refractivity contribution in [2.24, 2.45) is 0 Å². The molecule has 176 valence electrons. The second-order valence-corrected chi connectivity index (χ2v) is 9.78. The Morgan fingerprint density at radius 1 is 0.941 bits per heavy atom. The second-order valence-electron chi connectivity index (χ2n) is 7.89. The fraction of sp³-hybridized carbons (Fsp3) is 0.231. The number of ether oxygens (including phenoxy) is 2. The fourth-order valence-electron chi connectivity index (χ4n) is 3.79. The highest BCUT2D eigenvalue weighted by molar-refractivity contribution is 7.91. The van der Waals surface area contributed by atoms with Crippen molar-refractivity contribution in [2.45, 2.75) is 30.2 Å². The number of carbonyl (C=O) groups is 2. The highest BCUT2D eigenvalue weighted by Crippen LogP contribution is 2.38. The summed E-state index contributed by atoms with van der Waals surface area (Å²) >= 11 is 0. The summed E-state index contributed by atoms with van der Waals surface area (Å²) in [6, 6.07) is 18.0. The molecule has 1 aliphatic heterocycles. The van der Waals surface area contributed by atoms with Crippen LogP contribution in [0.25, 0.3) is 0 Å².